The Balaban J connectivity index is 2.17. The first-order valence-electron chi connectivity index (χ1n) is 7.18. The second-order valence-electron chi connectivity index (χ2n) is 6.33. The van der Waals surface area contributed by atoms with Crippen molar-refractivity contribution >= 4 is 17.7 Å². The fourth-order valence-corrected chi connectivity index (χ4v) is 2.32. The second-order valence-corrected chi connectivity index (χ2v) is 6.33. The van der Waals surface area contributed by atoms with Crippen molar-refractivity contribution in [3.05, 3.63) is 23.8 Å². The van der Waals surface area contributed by atoms with Gasteiger partial charge in [-0.05, 0) is 39.3 Å². The second kappa shape index (κ2) is 5.87. The molecule has 22 heavy (non-hydrogen) atoms. The minimum absolute atomic E-state index is 0.0683. The number of ether oxygens (including phenoxy) is 2. The van der Waals surface area contributed by atoms with E-state index in [0.717, 1.165) is 11.3 Å². The molecule has 2 rings (SSSR count). The molecule has 1 unspecified atom stereocenters. The number of nitrogens with zero attached hydrogens (tertiary/aromatic N) is 1. The number of nitrogens with one attached hydrogen (secondary N) is 1. The maximum atomic E-state index is 12.5. The molecule has 6 nitrogen and oxygen atoms in total. The number of hydrogen-bond acceptors (Lipinski definition) is 4. The fraction of sp³-hybridized carbons (Fsp3) is 0.500. The van der Waals surface area contributed by atoms with Crippen molar-refractivity contribution < 1.29 is 19.1 Å². The number of carbonyl (C=O) groups excluding carboxylic acids is 2. The van der Waals surface area contributed by atoms with Crippen LogP contribution in [0.4, 0.5) is 10.5 Å². The van der Waals surface area contributed by atoms with E-state index < -0.39 is 17.7 Å². The number of hydrogen-bond donors (Lipinski definition) is 1. The number of para-hydroxylation sites is 1. The Morgan fingerprint density at radius 1 is 1.41 bits per heavy atom. The molecule has 1 aromatic rings. The van der Waals surface area contributed by atoms with Gasteiger partial charge in [0.05, 0.1) is 5.69 Å². The van der Waals surface area contributed by atoms with E-state index in [2.05, 4.69) is 5.32 Å². The third kappa shape index (κ3) is 3.50. The molecule has 0 aliphatic carbocycles. The van der Waals surface area contributed by atoms with Crippen molar-refractivity contribution in [1.82, 2.24) is 5.32 Å². The van der Waals surface area contributed by atoms with Crippen LogP contribution in [0.25, 0.3) is 0 Å². The summed E-state index contributed by atoms with van der Waals surface area (Å²) >= 11 is 0. The van der Waals surface area contributed by atoms with Crippen molar-refractivity contribution in [2.75, 3.05) is 18.6 Å². The number of benzene rings is 1. The highest BCUT2D eigenvalue weighted by Gasteiger charge is 2.32. The zero-order valence-corrected chi connectivity index (χ0v) is 13.6. The molecule has 0 spiro atoms. The van der Waals surface area contributed by atoms with Crippen LogP contribution in [0.5, 0.6) is 5.75 Å². The minimum Gasteiger partial charge on any atom is -0.489 e. The quantitative estimate of drug-likeness (QED) is 0.864. The zero-order chi connectivity index (χ0) is 16.5. The Hall–Kier alpha value is -2.24. The van der Waals surface area contributed by atoms with Gasteiger partial charge in [-0.1, -0.05) is 12.1 Å². The monoisotopic (exact) mass is 306 g/mol. The molecule has 0 saturated carbocycles. The molecule has 1 N–H and O–H groups in total. The lowest BCUT2D eigenvalue weighted by atomic mass is 10.1. The number of likely N-dealkylation sites (N-methyl/N-ethyl adjacent to an activating group) is 1. The summed E-state index contributed by atoms with van der Waals surface area (Å²) in [7, 11) is 1.67. The minimum atomic E-state index is -0.786. The van der Waals surface area contributed by atoms with Gasteiger partial charge in [0.2, 0.25) is 0 Å². The number of anilines is 1. The SMILES string of the molecule is Cc1cccc2c1N(C)C(=O)C(NC(=O)OC(C)(C)C)CO2. The molecule has 0 fully saturated rings. The highest BCUT2D eigenvalue weighted by Crippen LogP contribution is 2.33. The lowest BCUT2D eigenvalue weighted by Gasteiger charge is -2.24. The van der Waals surface area contributed by atoms with Crippen molar-refractivity contribution in [3.63, 3.8) is 0 Å². The predicted octanol–water partition coefficient (Wildman–Crippen LogP) is 2.24. The first kappa shape index (κ1) is 16.1. The van der Waals surface area contributed by atoms with Gasteiger partial charge in [-0.15, -0.1) is 0 Å². The van der Waals surface area contributed by atoms with E-state index in [1.165, 1.54) is 4.90 Å². The third-order valence-corrected chi connectivity index (χ3v) is 3.26. The van der Waals surface area contributed by atoms with Crippen LogP contribution >= 0.6 is 0 Å². The molecule has 1 aromatic carbocycles. The molecule has 1 heterocycles. The molecule has 1 aliphatic rings. The first-order chi connectivity index (χ1) is 10.2. The van der Waals surface area contributed by atoms with Gasteiger partial charge in [0, 0.05) is 7.05 Å². The topological polar surface area (TPSA) is 67.9 Å². The van der Waals surface area contributed by atoms with Crippen LogP contribution in [0.3, 0.4) is 0 Å². The Morgan fingerprint density at radius 3 is 2.73 bits per heavy atom. The lowest BCUT2D eigenvalue weighted by molar-refractivity contribution is -0.120. The number of rotatable bonds is 1. The molecule has 2 amide bonds. The maximum Gasteiger partial charge on any atom is 0.408 e. The van der Waals surface area contributed by atoms with E-state index in [4.69, 9.17) is 9.47 Å². The molecule has 0 bridgehead atoms. The van der Waals surface area contributed by atoms with Gasteiger partial charge in [0.1, 0.15) is 24.0 Å². The van der Waals surface area contributed by atoms with Crippen LogP contribution in [0.2, 0.25) is 0 Å². The van der Waals surface area contributed by atoms with E-state index in [-0.39, 0.29) is 12.5 Å². The summed E-state index contributed by atoms with van der Waals surface area (Å²) in [5.41, 5.74) is 1.04. The van der Waals surface area contributed by atoms with Gasteiger partial charge in [-0.25, -0.2) is 4.79 Å². The van der Waals surface area contributed by atoms with Crippen molar-refractivity contribution in [2.24, 2.45) is 0 Å². The smallest absolute Gasteiger partial charge is 0.408 e. The summed E-state index contributed by atoms with van der Waals surface area (Å²) < 4.78 is 10.9. The Bertz CT molecular complexity index is 592. The zero-order valence-electron chi connectivity index (χ0n) is 13.6. The molecule has 6 heteroatoms. The van der Waals surface area contributed by atoms with Crippen LogP contribution in [0.1, 0.15) is 26.3 Å². The van der Waals surface area contributed by atoms with Gasteiger partial charge < -0.3 is 19.7 Å². The Labute approximate surface area is 130 Å². The van der Waals surface area contributed by atoms with Crippen LogP contribution in [-0.2, 0) is 9.53 Å². The van der Waals surface area contributed by atoms with E-state index >= 15 is 0 Å². The van der Waals surface area contributed by atoms with E-state index in [1.54, 1.807) is 27.8 Å². The van der Waals surface area contributed by atoms with Crippen LogP contribution in [0, 0.1) is 6.92 Å². The van der Waals surface area contributed by atoms with Crippen molar-refractivity contribution in [1.29, 1.82) is 0 Å². The highest BCUT2D eigenvalue weighted by molar-refractivity contribution is 6.00. The van der Waals surface area contributed by atoms with E-state index in [9.17, 15) is 9.59 Å². The van der Waals surface area contributed by atoms with Gasteiger partial charge in [-0.3, -0.25) is 4.79 Å². The molecule has 0 aromatic heterocycles. The van der Waals surface area contributed by atoms with E-state index in [1.807, 2.05) is 25.1 Å². The number of alkyl carbamates (subject to hydrolysis) is 1. The fourth-order valence-electron chi connectivity index (χ4n) is 2.32. The van der Waals surface area contributed by atoms with Gasteiger partial charge in [0.15, 0.2) is 0 Å². The van der Waals surface area contributed by atoms with Crippen LogP contribution in [0.15, 0.2) is 18.2 Å². The Kier molecular flexibility index (Phi) is 4.30. The van der Waals surface area contributed by atoms with Gasteiger partial charge in [0.25, 0.3) is 5.91 Å². The summed E-state index contributed by atoms with van der Waals surface area (Å²) in [5, 5.41) is 2.57. The lowest BCUT2D eigenvalue weighted by Crippen LogP contribution is -2.50. The first-order valence-corrected chi connectivity index (χ1v) is 7.18. The highest BCUT2D eigenvalue weighted by atomic mass is 16.6. The third-order valence-electron chi connectivity index (χ3n) is 3.26. The summed E-state index contributed by atoms with van der Waals surface area (Å²) in [6, 6.07) is 4.80. The maximum absolute atomic E-state index is 12.5. The number of carbonyl (C=O) groups is 2. The van der Waals surface area contributed by atoms with Crippen molar-refractivity contribution in [2.45, 2.75) is 39.3 Å². The summed E-state index contributed by atoms with van der Waals surface area (Å²) in [5.74, 6) is 0.392. The largest absolute Gasteiger partial charge is 0.489 e. The Morgan fingerprint density at radius 2 is 2.09 bits per heavy atom. The standard InChI is InChI=1S/C16H22N2O4/c1-10-7-6-8-12-13(10)18(5)14(19)11(9-21-12)17-15(20)22-16(2,3)4/h6-8,11H,9H2,1-5H3,(H,17,20). The van der Waals surface area contributed by atoms with E-state index in [0.29, 0.717) is 5.75 Å². The molecule has 1 aliphatic heterocycles. The average Bonchev–Trinajstić information content (AvgIpc) is 2.50. The molecular weight excluding hydrogens is 284 g/mol. The van der Waals surface area contributed by atoms with Gasteiger partial charge >= 0.3 is 6.09 Å². The predicted molar refractivity (Wildman–Crippen MR) is 83.2 cm³/mol. The van der Waals surface area contributed by atoms with Crippen LogP contribution < -0.4 is 15.0 Å². The van der Waals surface area contributed by atoms with Crippen LogP contribution in [-0.4, -0.2) is 37.3 Å². The number of amides is 2. The normalized spacial score (nSPS) is 18.1. The summed E-state index contributed by atoms with van der Waals surface area (Å²) in [6.07, 6.45) is -0.634. The van der Waals surface area contributed by atoms with Crippen molar-refractivity contribution in [3.8, 4) is 5.75 Å². The molecular formula is C16H22N2O4. The number of aryl methyl sites for hydroxylation is 1. The molecule has 0 radical (unpaired) electrons. The summed E-state index contributed by atoms with van der Waals surface area (Å²) in [6.45, 7) is 7.28. The van der Waals surface area contributed by atoms with Gasteiger partial charge in [-0.2, -0.15) is 0 Å². The molecule has 1 atom stereocenters. The summed E-state index contributed by atoms with van der Waals surface area (Å²) in [4.78, 5) is 25.9. The molecule has 120 valence electrons. The number of fused-ring (bicyclic) bond motifs is 1. The average molecular weight is 306 g/mol. The molecule has 0 saturated heterocycles.